The van der Waals surface area contributed by atoms with Crippen LogP contribution in [0.4, 0.5) is 13.2 Å². The first-order valence-electron chi connectivity index (χ1n) is 6.33. The summed E-state index contributed by atoms with van der Waals surface area (Å²) in [7, 11) is 0. The zero-order chi connectivity index (χ0) is 13.2. The smallest absolute Gasteiger partial charge is 0.304 e. The van der Waals surface area contributed by atoms with Gasteiger partial charge in [0.1, 0.15) is 0 Å². The largest absolute Gasteiger partial charge is 0.391 e. The van der Waals surface area contributed by atoms with Crippen molar-refractivity contribution in [3.05, 3.63) is 0 Å². The van der Waals surface area contributed by atoms with Gasteiger partial charge in [-0.25, -0.2) is 0 Å². The van der Waals surface area contributed by atoms with Crippen molar-refractivity contribution < 1.29 is 13.2 Å². The number of hydrogen-bond acceptors (Lipinski definition) is 1. The minimum absolute atomic E-state index is 0.275. The van der Waals surface area contributed by atoms with Gasteiger partial charge in [-0.1, -0.05) is 34.6 Å². The maximum Gasteiger partial charge on any atom is 0.391 e. The van der Waals surface area contributed by atoms with Crippen LogP contribution in [0.5, 0.6) is 0 Å². The van der Waals surface area contributed by atoms with Crippen molar-refractivity contribution in [3.8, 4) is 0 Å². The molecule has 0 N–H and O–H groups in total. The molecule has 0 bridgehead atoms. The molecule has 0 aromatic rings. The van der Waals surface area contributed by atoms with Gasteiger partial charge >= 0.3 is 6.18 Å². The van der Waals surface area contributed by atoms with Crippen LogP contribution >= 0.6 is 0 Å². The first-order chi connectivity index (χ1) is 7.54. The first kappa shape index (κ1) is 18.1. The molecule has 0 aromatic carbocycles. The Kier molecular flexibility index (Phi) is 11.3. The van der Waals surface area contributed by atoms with E-state index in [1.807, 2.05) is 34.6 Å². The highest BCUT2D eigenvalue weighted by molar-refractivity contribution is 4.76. The Morgan fingerprint density at radius 3 is 1.62 bits per heavy atom. The van der Waals surface area contributed by atoms with Crippen LogP contribution in [-0.2, 0) is 0 Å². The summed E-state index contributed by atoms with van der Waals surface area (Å²) >= 11 is 0. The Labute approximate surface area is 98.0 Å². The van der Waals surface area contributed by atoms with E-state index in [2.05, 4.69) is 4.90 Å². The second kappa shape index (κ2) is 9.94. The predicted molar refractivity (Wildman–Crippen MR) is 63.6 cm³/mol. The van der Waals surface area contributed by atoms with E-state index in [4.69, 9.17) is 0 Å². The fourth-order valence-electron chi connectivity index (χ4n) is 1.58. The summed E-state index contributed by atoms with van der Waals surface area (Å²) in [6.07, 6.45) is -3.42. The van der Waals surface area contributed by atoms with E-state index in [9.17, 15) is 13.2 Å². The molecule has 1 nitrogen and oxygen atoms in total. The summed E-state index contributed by atoms with van der Waals surface area (Å²) in [6, 6.07) is 0. The van der Waals surface area contributed by atoms with E-state index in [1.165, 1.54) is 0 Å². The molecular formula is C12H26F3N. The zero-order valence-electron chi connectivity index (χ0n) is 11.2. The van der Waals surface area contributed by atoms with Crippen molar-refractivity contribution in [2.45, 2.75) is 53.6 Å². The lowest BCUT2D eigenvalue weighted by atomic mass is 9.96. The standard InChI is InChI=1S/C8H14F3N.2C2H6/c1-2-12-5-3-7(4-6-12)8(9,10)11;2*1-2/h7H,2-6H2,1H3;2*1-2H3. The van der Waals surface area contributed by atoms with Gasteiger partial charge in [-0.2, -0.15) is 13.2 Å². The molecule has 4 heteroatoms. The number of halogens is 3. The Hall–Kier alpha value is -0.250. The summed E-state index contributed by atoms with van der Waals surface area (Å²) in [5.41, 5.74) is 0. The molecule has 100 valence electrons. The SMILES string of the molecule is CC.CC.CCN1CCC(C(F)(F)F)CC1. The molecule has 0 spiro atoms. The van der Waals surface area contributed by atoms with Gasteiger partial charge in [0.05, 0.1) is 5.92 Å². The number of piperidine rings is 1. The molecule has 1 saturated heterocycles. The summed E-state index contributed by atoms with van der Waals surface area (Å²) in [6.45, 7) is 12.0. The van der Waals surface area contributed by atoms with Gasteiger partial charge in [-0.15, -0.1) is 0 Å². The van der Waals surface area contributed by atoms with Gasteiger partial charge in [-0.3, -0.25) is 0 Å². The van der Waals surface area contributed by atoms with Crippen LogP contribution in [0.3, 0.4) is 0 Å². The Morgan fingerprint density at radius 2 is 1.38 bits per heavy atom. The third-order valence-corrected chi connectivity index (χ3v) is 2.50. The van der Waals surface area contributed by atoms with Crippen LogP contribution in [0.1, 0.15) is 47.5 Å². The topological polar surface area (TPSA) is 3.24 Å². The van der Waals surface area contributed by atoms with Crippen molar-refractivity contribution in [2.75, 3.05) is 19.6 Å². The number of nitrogens with zero attached hydrogens (tertiary/aromatic N) is 1. The van der Waals surface area contributed by atoms with Gasteiger partial charge < -0.3 is 4.90 Å². The molecule has 1 aliphatic rings. The third kappa shape index (κ3) is 7.09. The molecule has 16 heavy (non-hydrogen) atoms. The zero-order valence-corrected chi connectivity index (χ0v) is 11.2. The van der Waals surface area contributed by atoms with Gasteiger partial charge in [0.15, 0.2) is 0 Å². The van der Waals surface area contributed by atoms with Crippen molar-refractivity contribution in [1.29, 1.82) is 0 Å². The van der Waals surface area contributed by atoms with E-state index in [0.29, 0.717) is 13.1 Å². The lowest BCUT2D eigenvalue weighted by Crippen LogP contribution is -2.38. The summed E-state index contributed by atoms with van der Waals surface area (Å²) < 4.78 is 36.5. The first-order valence-corrected chi connectivity index (χ1v) is 6.33. The van der Waals surface area contributed by atoms with Gasteiger partial charge in [0.25, 0.3) is 0 Å². The molecule has 1 rings (SSSR count). The minimum Gasteiger partial charge on any atom is -0.304 e. The molecule has 0 aliphatic carbocycles. The molecule has 0 radical (unpaired) electrons. The molecular weight excluding hydrogens is 215 g/mol. The molecule has 1 fully saturated rings. The Morgan fingerprint density at radius 1 is 1.00 bits per heavy atom. The van der Waals surface area contributed by atoms with Crippen LogP contribution in [-0.4, -0.2) is 30.7 Å². The maximum atomic E-state index is 12.2. The highest BCUT2D eigenvalue weighted by Gasteiger charge is 2.40. The van der Waals surface area contributed by atoms with Crippen LogP contribution < -0.4 is 0 Å². The summed E-state index contributed by atoms with van der Waals surface area (Å²) in [5, 5.41) is 0. The fourth-order valence-corrected chi connectivity index (χ4v) is 1.58. The monoisotopic (exact) mass is 241 g/mol. The van der Waals surface area contributed by atoms with Crippen LogP contribution in [0, 0.1) is 5.92 Å². The highest BCUT2D eigenvalue weighted by Crippen LogP contribution is 2.33. The van der Waals surface area contributed by atoms with Gasteiger partial charge in [0, 0.05) is 0 Å². The molecule has 0 atom stereocenters. The predicted octanol–water partition coefficient (Wildman–Crippen LogP) is 4.33. The second-order valence-electron chi connectivity index (χ2n) is 3.25. The molecule has 1 heterocycles. The quantitative estimate of drug-likeness (QED) is 0.660. The lowest BCUT2D eigenvalue weighted by molar-refractivity contribution is -0.184. The third-order valence-electron chi connectivity index (χ3n) is 2.50. The summed E-state index contributed by atoms with van der Waals surface area (Å²) in [4.78, 5) is 2.06. The fraction of sp³-hybridized carbons (Fsp3) is 1.00. The van der Waals surface area contributed by atoms with E-state index in [-0.39, 0.29) is 12.8 Å². The average Bonchev–Trinajstić information content (AvgIpc) is 2.33. The van der Waals surface area contributed by atoms with Crippen molar-refractivity contribution >= 4 is 0 Å². The molecule has 1 aliphatic heterocycles. The number of hydrogen-bond donors (Lipinski definition) is 0. The van der Waals surface area contributed by atoms with Gasteiger partial charge in [0.2, 0.25) is 0 Å². The van der Waals surface area contributed by atoms with Gasteiger partial charge in [-0.05, 0) is 32.5 Å². The molecule has 0 aromatic heterocycles. The highest BCUT2D eigenvalue weighted by atomic mass is 19.4. The van der Waals surface area contributed by atoms with Crippen LogP contribution in [0.15, 0.2) is 0 Å². The van der Waals surface area contributed by atoms with Crippen molar-refractivity contribution in [3.63, 3.8) is 0 Å². The maximum absolute atomic E-state index is 12.2. The van der Waals surface area contributed by atoms with Crippen LogP contribution in [0.2, 0.25) is 0 Å². The average molecular weight is 241 g/mol. The Balaban J connectivity index is 0. The lowest BCUT2D eigenvalue weighted by Gasteiger charge is -2.31. The number of alkyl halides is 3. The normalized spacial score (nSPS) is 18.0. The minimum atomic E-state index is -3.97. The van der Waals surface area contributed by atoms with E-state index in [1.54, 1.807) is 0 Å². The number of rotatable bonds is 1. The van der Waals surface area contributed by atoms with Crippen molar-refractivity contribution in [2.24, 2.45) is 5.92 Å². The number of likely N-dealkylation sites (tertiary alicyclic amines) is 1. The van der Waals surface area contributed by atoms with Crippen molar-refractivity contribution in [1.82, 2.24) is 4.90 Å². The van der Waals surface area contributed by atoms with E-state index in [0.717, 1.165) is 6.54 Å². The molecule has 0 saturated carbocycles. The molecule has 0 unspecified atom stereocenters. The van der Waals surface area contributed by atoms with Crippen LogP contribution in [0.25, 0.3) is 0 Å². The second-order valence-corrected chi connectivity index (χ2v) is 3.25. The van der Waals surface area contributed by atoms with E-state index < -0.39 is 12.1 Å². The van der Waals surface area contributed by atoms with E-state index >= 15 is 0 Å². The summed E-state index contributed by atoms with van der Waals surface area (Å²) in [5.74, 6) is -1.06. The molecule has 0 amide bonds. The Bertz CT molecular complexity index is 138.